The predicted molar refractivity (Wildman–Crippen MR) is 72.9 cm³/mol. The van der Waals surface area contributed by atoms with Crippen LogP contribution in [-0.4, -0.2) is 25.9 Å². The second-order valence-electron chi connectivity index (χ2n) is 4.72. The molecule has 0 bridgehead atoms. The van der Waals surface area contributed by atoms with Gasteiger partial charge < -0.3 is 14.8 Å². The Bertz CT molecular complexity index is 348. The van der Waals surface area contributed by atoms with E-state index in [1.54, 1.807) is 0 Å². The lowest BCUT2D eigenvalue weighted by molar-refractivity contribution is 0.110. The van der Waals surface area contributed by atoms with Crippen LogP contribution in [0.25, 0.3) is 0 Å². The zero-order valence-corrected chi connectivity index (χ0v) is 11.2. The molecule has 1 N–H and O–H groups in total. The molecule has 0 amide bonds. The van der Waals surface area contributed by atoms with E-state index in [2.05, 4.69) is 24.4 Å². The van der Waals surface area contributed by atoms with Crippen LogP contribution in [0.1, 0.15) is 31.7 Å². The molecule has 2 rings (SSSR count). The standard InChI is InChI=1S/C15H23NO2/c1-2-9-18-15-8-4-3-6-13(15)11-16-12-14-7-5-10-17-14/h3-4,6,8,14,16H,2,5,7,9-12H2,1H3. The number of hydrogen-bond donors (Lipinski definition) is 1. The predicted octanol–water partition coefficient (Wildman–Crippen LogP) is 2.74. The summed E-state index contributed by atoms with van der Waals surface area (Å²) >= 11 is 0. The van der Waals surface area contributed by atoms with E-state index in [0.717, 1.165) is 38.5 Å². The molecular weight excluding hydrogens is 226 g/mol. The number of benzene rings is 1. The number of nitrogens with one attached hydrogen (secondary N) is 1. The van der Waals surface area contributed by atoms with Crippen molar-refractivity contribution in [1.29, 1.82) is 0 Å². The summed E-state index contributed by atoms with van der Waals surface area (Å²) in [7, 11) is 0. The smallest absolute Gasteiger partial charge is 0.123 e. The highest BCUT2D eigenvalue weighted by Crippen LogP contribution is 2.18. The highest BCUT2D eigenvalue weighted by atomic mass is 16.5. The number of rotatable bonds is 7. The van der Waals surface area contributed by atoms with Crippen molar-refractivity contribution in [1.82, 2.24) is 5.32 Å². The Labute approximate surface area is 109 Å². The molecule has 0 saturated carbocycles. The quantitative estimate of drug-likeness (QED) is 0.806. The average Bonchev–Trinajstić information content (AvgIpc) is 2.91. The van der Waals surface area contributed by atoms with Crippen molar-refractivity contribution in [3.8, 4) is 5.75 Å². The SMILES string of the molecule is CCCOc1ccccc1CNCC1CCCO1. The van der Waals surface area contributed by atoms with Gasteiger partial charge in [-0.15, -0.1) is 0 Å². The monoisotopic (exact) mass is 249 g/mol. The van der Waals surface area contributed by atoms with Gasteiger partial charge in [0, 0.05) is 25.3 Å². The van der Waals surface area contributed by atoms with Gasteiger partial charge >= 0.3 is 0 Å². The summed E-state index contributed by atoms with van der Waals surface area (Å²) in [5, 5.41) is 3.46. The Hall–Kier alpha value is -1.06. The number of para-hydroxylation sites is 1. The third kappa shape index (κ3) is 4.00. The fraction of sp³-hybridized carbons (Fsp3) is 0.600. The van der Waals surface area contributed by atoms with Gasteiger partial charge in [-0.2, -0.15) is 0 Å². The fourth-order valence-corrected chi connectivity index (χ4v) is 2.18. The third-order valence-electron chi connectivity index (χ3n) is 3.15. The average molecular weight is 249 g/mol. The van der Waals surface area contributed by atoms with Crippen LogP contribution in [0.5, 0.6) is 5.75 Å². The minimum absolute atomic E-state index is 0.397. The Balaban J connectivity index is 1.79. The summed E-state index contributed by atoms with van der Waals surface area (Å²) in [5.74, 6) is 0.999. The maximum Gasteiger partial charge on any atom is 0.123 e. The number of ether oxygens (including phenoxy) is 2. The second kappa shape index (κ2) is 7.39. The van der Waals surface area contributed by atoms with E-state index in [1.165, 1.54) is 18.4 Å². The molecule has 1 unspecified atom stereocenters. The van der Waals surface area contributed by atoms with E-state index in [-0.39, 0.29) is 0 Å². The molecule has 0 aliphatic carbocycles. The molecule has 0 radical (unpaired) electrons. The van der Waals surface area contributed by atoms with E-state index < -0.39 is 0 Å². The Morgan fingerprint density at radius 1 is 1.39 bits per heavy atom. The maximum atomic E-state index is 5.74. The van der Waals surface area contributed by atoms with Gasteiger partial charge in [-0.1, -0.05) is 25.1 Å². The van der Waals surface area contributed by atoms with Crippen LogP contribution >= 0.6 is 0 Å². The van der Waals surface area contributed by atoms with Crippen LogP contribution in [-0.2, 0) is 11.3 Å². The summed E-state index contributed by atoms with van der Waals surface area (Å²) in [4.78, 5) is 0. The van der Waals surface area contributed by atoms with E-state index in [1.807, 2.05) is 12.1 Å². The molecular formula is C15H23NO2. The van der Waals surface area contributed by atoms with Crippen LogP contribution in [0.15, 0.2) is 24.3 Å². The number of hydrogen-bond acceptors (Lipinski definition) is 3. The first kappa shape index (κ1) is 13.4. The van der Waals surface area contributed by atoms with Gasteiger partial charge in [0.2, 0.25) is 0 Å². The van der Waals surface area contributed by atoms with Gasteiger partial charge in [-0.05, 0) is 25.3 Å². The zero-order valence-electron chi connectivity index (χ0n) is 11.2. The molecule has 1 atom stereocenters. The highest BCUT2D eigenvalue weighted by molar-refractivity contribution is 5.33. The fourth-order valence-electron chi connectivity index (χ4n) is 2.18. The summed E-state index contributed by atoms with van der Waals surface area (Å²) < 4.78 is 11.3. The van der Waals surface area contributed by atoms with Crippen LogP contribution in [0.3, 0.4) is 0 Å². The van der Waals surface area contributed by atoms with E-state index in [9.17, 15) is 0 Å². The van der Waals surface area contributed by atoms with Gasteiger partial charge in [0.25, 0.3) is 0 Å². The van der Waals surface area contributed by atoms with Crippen molar-refractivity contribution in [3.05, 3.63) is 29.8 Å². The van der Waals surface area contributed by atoms with Crippen molar-refractivity contribution in [2.24, 2.45) is 0 Å². The molecule has 1 aliphatic rings. The molecule has 100 valence electrons. The molecule has 0 aromatic heterocycles. The summed E-state index contributed by atoms with van der Waals surface area (Å²) in [6.07, 6.45) is 3.81. The van der Waals surface area contributed by atoms with Crippen molar-refractivity contribution in [2.75, 3.05) is 19.8 Å². The highest BCUT2D eigenvalue weighted by Gasteiger charge is 2.14. The molecule has 1 fully saturated rings. The van der Waals surface area contributed by atoms with Crippen LogP contribution in [0.2, 0.25) is 0 Å². The molecule has 0 spiro atoms. The lowest BCUT2D eigenvalue weighted by atomic mass is 10.2. The topological polar surface area (TPSA) is 30.5 Å². The summed E-state index contributed by atoms with van der Waals surface area (Å²) in [5.41, 5.74) is 1.23. The maximum absolute atomic E-state index is 5.74. The van der Waals surface area contributed by atoms with E-state index >= 15 is 0 Å². The lowest BCUT2D eigenvalue weighted by Gasteiger charge is -2.13. The van der Waals surface area contributed by atoms with Crippen LogP contribution < -0.4 is 10.1 Å². The lowest BCUT2D eigenvalue weighted by Crippen LogP contribution is -2.26. The van der Waals surface area contributed by atoms with Gasteiger partial charge in [0.1, 0.15) is 5.75 Å². The van der Waals surface area contributed by atoms with Crippen molar-refractivity contribution >= 4 is 0 Å². The van der Waals surface area contributed by atoms with Gasteiger partial charge in [0.15, 0.2) is 0 Å². The van der Waals surface area contributed by atoms with Crippen molar-refractivity contribution in [3.63, 3.8) is 0 Å². The minimum atomic E-state index is 0.397. The summed E-state index contributed by atoms with van der Waals surface area (Å²) in [6.45, 7) is 5.60. The first-order valence-corrected chi connectivity index (χ1v) is 6.93. The van der Waals surface area contributed by atoms with Crippen molar-refractivity contribution < 1.29 is 9.47 Å². The Kier molecular flexibility index (Phi) is 5.49. The summed E-state index contributed by atoms with van der Waals surface area (Å²) in [6, 6.07) is 8.24. The van der Waals surface area contributed by atoms with Gasteiger partial charge in [-0.3, -0.25) is 0 Å². The molecule has 1 aromatic carbocycles. The van der Waals surface area contributed by atoms with Gasteiger partial charge in [-0.25, -0.2) is 0 Å². The Morgan fingerprint density at radius 2 is 2.28 bits per heavy atom. The molecule has 3 nitrogen and oxygen atoms in total. The molecule has 3 heteroatoms. The largest absolute Gasteiger partial charge is 0.493 e. The first-order chi connectivity index (χ1) is 8.90. The third-order valence-corrected chi connectivity index (χ3v) is 3.15. The molecule has 1 saturated heterocycles. The van der Waals surface area contributed by atoms with Gasteiger partial charge in [0.05, 0.1) is 12.7 Å². The van der Waals surface area contributed by atoms with Crippen molar-refractivity contribution in [2.45, 2.75) is 38.8 Å². The van der Waals surface area contributed by atoms with E-state index in [0.29, 0.717) is 6.10 Å². The zero-order chi connectivity index (χ0) is 12.6. The molecule has 1 aliphatic heterocycles. The van der Waals surface area contributed by atoms with E-state index in [4.69, 9.17) is 9.47 Å². The minimum Gasteiger partial charge on any atom is -0.493 e. The molecule has 1 aromatic rings. The molecule has 1 heterocycles. The van der Waals surface area contributed by atoms with Crippen LogP contribution in [0.4, 0.5) is 0 Å². The Morgan fingerprint density at radius 3 is 3.06 bits per heavy atom. The van der Waals surface area contributed by atoms with Crippen LogP contribution in [0, 0.1) is 0 Å². The molecule has 18 heavy (non-hydrogen) atoms. The normalized spacial score (nSPS) is 19.1. The first-order valence-electron chi connectivity index (χ1n) is 6.93. The second-order valence-corrected chi connectivity index (χ2v) is 4.72.